The molecule has 0 aliphatic carbocycles. The molecule has 0 spiro atoms. The zero-order valence-corrected chi connectivity index (χ0v) is 12.9. The normalized spacial score (nSPS) is 14.8. The Kier molecular flexibility index (Phi) is 4.20. The minimum atomic E-state index is -0.443. The second kappa shape index (κ2) is 6.29. The number of hydrogen-bond donors (Lipinski definition) is 0. The fourth-order valence-electron chi connectivity index (χ4n) is 2.65. The fraction of sp³-hybridized carbons (Fsp3) is 0.267. The van der Waals surface area contributed by atoms with Gasteiger partial charge in [0.25, 0.3) is 11.6 Å². The molecule has 7 nitrogen and oxygen atoms in total. The number of nitro groups is 1. The Morgan fingerprint density at radius 3 is 2.52 bits per heavy atom. The van der Waals surface area contributed by atoms with E-state index in [1.807, 2.05) is 4.90 Å². The number of benzene rings is 1. The largest absolute Gasteiger partial charge is 0.459 e. The molecule has 0 atom stereocenters. The van der Waals surface area contributed by atoms with Gasteiger partial charge in [-0.2, -0.15) is 0 Å². The smallest absolute Gasteiger partial charge is 0.294 e. The lowest BCUT2D eigenvalue weighted by molar-refractivity contribution is -0.384. The Balaban J connectivity index is 1.75. The van der Waals surface area contributed by atoms with Crippen LogP contribution in [0.15, 0.2) is 41.0 Å². The number of nitrogens with zero attached hydrogens (tertiary/aromatic N) is 3. The van der Waals surface area contributed by atoms with Gasteiger partial charge in [-0.1, -0.05) is 17.7 Å². The van der Waals surface area contributed by atoms with Crippen LogP contribution in [0.5, 0.6) is 0 Å². The predicted molar refractivity (Wildman–Crippen MR) is 84.9 cm³/mol. The Morgan fingerprint density at radius 2 is 1.91 bits per heavy atom. The van der Waals surface area contributed by atoms with Crippen molar-refractivity contribution in [2.45, 2.75) is 0 Å². The maximum Gasteiger partial charge on any atom is 0.294 e. The van der Waals surface area contributed by atoms with Crippen molar-refractivity contribution in [2.24, 2.45) is 0 Å². The van der Waals surface area contributed by atoms with Crippen LogP contribution in [-0.4, -0.2) is 41.9 Å². The SMILES string of the molecule is O=C(c1ccco1)N1CCN(c2c(Cl)cccc2[N+](=O)[O-])CC1. The summed E-state index contributed by atoms with van der Waals surface area (Å²) in [4.78, 5) is 26.5. The van der Waals surface area contributed by atoms with Crippen LogP contribution in [0.3, 0.4) is 0 Å². The van der Waals surface area contributed by atoms with Crippen LogP contribution in [0, 0.1) is 10.1 Å². The summed E-state index contributed by atoms with van der Waals surface area (Å²) in [6.45, 7) is 1.83. The number of piperazine rings is 1. The topological polar surface area (TPSA) is 79.8 Å². The molecule has 3 rings (SSSR count). The van der Waals surface area contributed by atoms with Crippen LogP contribution < -0.4 is 4.90 Å². The van der Waals surface area contributed by atoms with Crippen LogP contribution in [-0.2, 0) is 0 Å². The highest BCUT2D eigenvalue weighted by Gasteiger charge is 2.28. The first-order valence-corrected chi connectivity index (χ1v) is 7.46. The standard InChI is InChI=1S/C15H14ClN3O4/c16-11-3-1-4-12(19(21)22)14(11)17-6-8-18(9-7-17)15(20)13-5-2-10-23-13/h1-5,10H,6-9H2. The van der Waals surface area contributed by atoms with Gasteiger partial charge >= 0.3 is 0 Å². The molecular weight excluding hydrogens is 322 g/mol. The van der Waals surface area contributed by atoms with E-state index in [2.05, 4.69) is 0 Å². The molecule has 1 fully saturated rings. The van der Waals surface area contributed by atoms with Crippen LogP contribution in [0.25, 0.3) is 0 Å². The predicted octanol–water partition coefficient (Wildman–Crippen LogP) is 2.80. The third-order valence-electron chi connectivity index (χ3n) is 3.78. The van der Waals surface area contributed by atoms with Crippen molar-refractivity contribution in [1.82, 2.24) is 4.90 Å². The summed E-state index contributed by atoms with van der Waals surface area (Å²) in [7, 11) is 0. The quantitative estimate of drug-likeness (QED) is 0.636. The van der Waals surface area contributed by atoms with Crippen molar-refractivity contribution in [3.63, 3.8) is 0 Å². The monoisotopic (exact) mass is 335 g/mol. The lowest BCUT2D eigenvalue weighted by Crippen LogP contribution is -2.49. The average Bonchev–Trinajstić information content (AvgIpc) is 3.08. The first-order chi connectivity index (χ1) is 11.1. The molecular formula is C15H14ClN3O4. The fourth-order valence-corrected chi connectivity index (χ4v) is 2.94. The number of carbonyl (C=O) groups is 1. The number of amides is 1. The number of furan rings is 1. The molecule has 0 saturated carbocycles. The van der Waals surface area contributed by atoms with Gasteiger partial charge in [-0.05, 0) is 18.2 Å². The van der Waals surface area contributed by atoms with E-state index >= 15 is 0 Å². The van der Waals surface area contributed by atoms with Gasteiger partial charge in [0.2, 0.25) is 0 Å². The molecule has 1 aliphatic heterocycles. The van der Waals surface area contributed by atoms with Gasteiger partial charge in [-0.3, -0.25) is 14.9 Å². The van der Waals surface area contributed by atoms with Gasteiger partial charge in [0.1, 0.15) is 5.69 Å². The van der Waals surface area contributed by atoms with Gasteiger partial charge in [-0.25, -0.2) is 0 Å². The molecule has 2 heterocycles. The minimum Gasteiger partial charge on any atom is -0.459 e. The second-order valence-electron chi connectivity index (χ2n) is 5.12. The molecule has 1 amide bonds. The van der Waals surface area contributed by atoms with E-state index in [-0.39, 0.29) is 11.6 Å². The average molecular weight is 336 g/mol. The van der Waals surface area contributed by atoms with E-state index in [0.717, 1.165) is 0 Å². The molecule has 23 heavy (non-hydrogen) atoms. The van der Waals surface area contributed by atoms with E-state index in [1.165, 1.54) is 12.3 Å². The molecule has 120 valence electrons. The van der Waals surface area contributed by atoms with Crippen molar-refractivity contribution in [3.8, 4) is 0 Å². The van der Waals surface area contributed by atoms with Crippen LogP contribution in [0.1, 0.15) is 10.6 Å². The summed E-state index contributed by atoms with van der Waals surface area (Å²) in [5.74, 6) is 0.116. The first kappa shape index (κ1) is 15.4. The molecule has 8 heteroatoms. The summed E-state index contributed by atoms with van der Waals surface area (Å²) < 4.78 is 5.11. The highest BCUT2D eigenvalue weighted by atomic mass is 35.5. The number of carbonyl (C=O) groups excluding carboxylic acids is 1. The third-order valence-corrected chi connectivity index (χ3v) is 4.08. The molecule has 1 aliphatic rings. The number of nitro benzene ring substituents is 1. The van der Waals surface area contributed by atoms with E-state index in [4.69, 9.17) is 16.0 Å². The van der Waals surface area contributed by atoms with E-state index in [1.54, 1.807) is 29.2 Å². The van der Waals surface area contributed by atoms with Gasteiger partial charge in [0.15, 0.2) is 5.76 Å². The number of para-hydroxylation sites is 1. The molecule has 1 saturated heterocycles. The van der Waals surface area contributed by atoms with Gasteiger partial charge in [-0.15, -0.1) is 0 Å². The lowest BCUT2D eigenvalue weighted by atomic mass is 10.2. The Hall–Kier alpha value is -2.54. The van der Waals surface area contributed by atoms with Crippen molar-refractivity contribution >= 4 is 28.9 Å². The van der Waals surface area contributed by atoms with Crippen LogP contribution in [0.2, 0.25) is 5.02 Å². The maximum absolute atomic E-state index is 12.2. The van der Waals surface area contributed by atoms with Crippen molar-refractivity contribution in [3.05, 3.63) is 57.5 Å². The molecule has 2 aromatic rings. The summed E-state index contributed by atoms with van der Waals surface area (Å²) in [5.41, 5.74) is 0.382. The Labute approximate surface area is 137 Å². The summed E-state index contributed by atoms with van der Waals surface area (Å²) >= 11 is 6.15. The first-order valence-electron chi connectivity index (χ1n) is 7.08. The van der Waals surface area contributed by atoms with Crippen molar-refractivity contribution in [1.29, 1.82) is 0 Å². The number of rotatable bonds is 3. The zero-order chi connectivity index (χ0) is 16.4. The summed E-state index contributed by atoms with van der Waals surface area (Å²) in [6.07, 6.45) is 1.45. The maximum atomic E-state index is 12.2. The van der Waals surface area contributed by atoms with Gasteiger partial charge < -0.3 is 14.2 Å². The summed E-state index contributed by atoms with van der Waals surface area (Å²) in [6, 6.07) is 7.90. The second-order valence-corrected chi connectivity index (χ2v) is 5.53. The van der Waals surface area contributed by atoms with Crippen molar-refractivity contribution < 1.29 is 14.1 Å². The van der Waals surface area contributed by atoms with E-state index in [9.17, 15) is 14.9 Å². The zero-order valence-electron chi connectivity index (χ0n) is 12.1. The molecule has 0 N–H and O–H groups in total. The number of anilines is 1. The molecule has 1 aromatic carbocycles. The van der Waals surface area contributed by atoms with Crippen molar-refractivity contribution in [2.75, 3.05) is 31.1 Å². The molecule has 0 radical (unpaired) electrons. The third kappa shape index (κ3) is 3.00. The number of halogens is 1. The highest BCUT2D eigenvalue weighted by molar-refractivity contribution is 6.33. The molecule has 0 bridgehead atoms. The molecule has 0 unspecified atom stereocenters. The summed E-state index contributed by atoms with van der Waals surface area (Å²) in [5, 5.41) is 11.5. The Morgan fingerprint density at radius 1 is 1.17 bits per heavy atom. The van der Waals surface area contributed by atoms with Gasteiger partial charge in [0, 0.05) is 32.2 Å². The van der Waals surface area contributed by atoms with E-state index in [0.29, 0.717) is 42.6 Å². The molecule has 1 aromatic heterocycles. The lowest BCUT2D eigenvalue weighted by Gasteiger charge is -2.35. The Bertz CT molecular complexity index is 724. The number of hydrogen-bond acceptors (Lipinski definition) is 5. The highest BCUT2D eigenvalue weighted by Crippen LogP contribution is 2.35. The van der Waals surface area contributed by atoms with Gasteiger partial charge in [0.05, 0.1) is 16.2 Å². The minimum absolute atomic E-state index is 0.0247. The van der Waals surface area contributed by atoms with Crippen LogP contribution >= 0.6 is 11.6 Å². The van der Waals surface area contributed by atoms with Crippen LogP contribution in [0.4, 0.5) is 11.4 Å². The van der Waals surface area contributed by atoms with E-state index < -0.39 is 4.92 Å².